The van der Waals surface area contributed by atoms with Crippen molar-refractivity contribution in [1.29, 1.82) is 0 Å². The number of carbonyl (C=O) groups excluding carboxylic acids is 1. The molecule has 1 aliphatic carbocycles. The molecule has 1 N–H and O–H groups in total. The molecule has 1 saturated carbocycles. The van der Waals surface area contributed by atoms with Crippen molar-refractivity contribution in [3.63, 3.8) is 0 Å². The van der Waals surface area contributed by atoms with Crippen LogP contribution in [0.15, 0.2) is 28.8 Å². The molecular weight excluding hydrogens is 306 g/mol. The Hall–Kier alpha value is -2.37. The molecule has 0 unspecified atom stereocenters. The van der Waals surface area contributed by atoms with Crippen LogP contribution in [0, 0.1) is 11.8 Å². The zero-order valence-electron chi connectivity index (χ0n) is 14.3. The third-order valence-corrected chi connectivity index (χ3v) is 4.49. The first-order valence-corrected chi connectivity index (χ1v) is 8.40. The number of hydrogen-bond acceptors (Lipinski definition) is 5. The number of hydrogen-bond donors (Lipinski definition) is 1. The Morgan fingerprint density at radius 1 is 1.46 bits per heavy atom. The summed E-state index contributed by atoms with van der Waals surface area (Å²) in [6, 6.07) is 7.25. The molecule has 128 valence electrons. The van der Waals surface area contributed by atoms with Crippen LogP contribution in [0.2, 0.25) is 0 Å². The number of carbonyl (C=O) groups is 1. The van der Waals surface area contributed by atoms with Gasteiger partial charge in [-0.3, -0.25) is 4.79 Å². The van der Waals surface area contributed by atoms with E-state index in [2.05, 4.69) is 29.3 Å². The number of amides is 1. The highest BCUT2D eigenvalue weighted by Gasteiger charge is 2.34. The summed E-state index contributed by atoms with van der Waals surface area (Å²) >= 11 is 0. The zero-order valence-corrected chi connectivity index (χ0v) is 14.3. The molecule has 0 aliphatic heterocycles. The van der Waals surface area contributed by atoms with E-state index >= 15 is 0 Å². The molecule has 2 aromatic rings. The molecule has 6 nitrogen and oxygen atoms in total. The standard InChI is InChI=1S/C18H23N3O3/c1-4-11(2)15(19-17(22)12-8-9-12)18-20-16(21-24-18)13-6-5-7-14(10-13)23-3/h5-7,10-12,15H,4,8-9H2,1-3H3,(H,19,22)/t11-,15-/m0/s1. The van der Waals surface area contributed by atoms with Crippen LogP contribution in [-0.2, 0) is 4.79 Å². The topological polar surface area (TPSA) is 77.2 Å². The van der Waals surface area contributed by atoms with Crippen molar-refractivity contribution in [3.8, 4) is 17.1 Å². The second kappa shape index (κ2) is 7.03. The Labute approximate surface area is 141 Å². The monoisotopic (exact) mass is 329 g/mol. The fourth-order valence-electron chi connectivity index (χ4n) is 2.54. The minimum atomic E-state index is -0.255. The van der Waals surface area contributed by atoms with E-state index < -0.39 is 0 Å². The average Bonchev–Trinajstić information content (AvgIpc) is 3.36. The molecule has 1 aliphatic rings. The quantitative estimate of drug-likeness (QED) is 0.843. The SMILES string of the molecule is CC[C@H](C)[C@H](NC(=O)C1CC1)c1nc(-c2cccc(OC)c2)no1. The van der Waals surface area contributed by atoms with Crippen molar-refractivity contribution in [1.82, 2.24) is 15.5 Å². The number of aromatic nitrogens is 2. The van der Waals surface area contributed by atoms with E-state index in [9.17, 15) is 4.79 Å². The molecule has 6 heteroatoms. The highest BCUT2D eigenvalue weighted by Crippen LogP contribution is 2.32. The van der Waals surface area contributed by atoms with E-state index in [1.807, 2.05) is 24.3 Å². The highest BCUT2D eigenvalue weighted by molar-refractivity contribution is 5.81. The molecule has 0 bridgehead atoms. The van der Waals surface area contributed by atoms with Gasteiger partial charge in [-0.15, -0.1) is 0 Å². The molecule has 1 heterocycles. The molecule has 2 atom stereocenters. The van der Waals surface area contributed by atoms with Gasteiger partial charge in [0.1, 0.15) is 11.8 Å². The van der Waals surface area contributed by atoms with Crippen molar-refractivity contribution in [2.75, 3.05) is 7.11 Å². The summed E-state index contributed by atoms with van der Waals surface area (Å²) in [6.45, 7) is 4.16. The Morgan fingerprint density at radius 3 is 2.92 bits per heavy atom. The van der Waals surface area contributed by atoms with Crippen LogP contribution in [0.3, 0.4) is 0 Å². The molecule has 0 saturated heterocycles. The van der Waals surface area contributed by atoms with Crippen LogP contribution >= 0.6 is 0 Å². The van der Waals surface area contributed by atoms with Gasteiger partial charge in [0.05, 0.1) is 7.11 Å². The summed E-state index contributed by atoms with van der Waals surface area (Å²) in [5.41, 5.74) is 0.820. The van der Waals surface area contributed by atoms with Gasteiger partial charge in [0, 0.05) is 11.5 Å². The maximum absolute atomic E-state index is 12.2. The van der Waals surface area contributed by atoms with Gasteiger partial charge >= 0.3 is 0 Å². The van der Waals surface area contributed by atoms with Gasteiger partial charge in [-0.05, 0) is 30.9 Å². The van der Waals surface area contributed by atoms with E-state index in [0.29, 0.717) is 11.7 Å². The van der Waals surface area contributed by atoms with Crippen molar-refractivity contribution in [2.24, 2.45) is 11.8 Å². The van der Waals surface area contributed by atoms with Gasteiger partial charge in [-0.2, -0.15) is 4.98 Å². The lowest BCUT2D eigenvalue weighted by Crippen LogP contribution is -2.33. The Morgan fingerprint density at radius 2 is 2.25 bits per heavy atom. The fraction of sp³-hybridized carbons (Fsp3) is 0.500. The van der Waals surface area contributed by atoms with E-state index in [-0.39, 0.29) is 23.8 Å². The summed E-state index contributed by atoms with van der Waals surface area (Å²) in [5.74, 6) is 2.14. The van der Waals surface area contributed by atoms with Crippen molar-refractivity contribution < 1.29 is 14.1 Å². The third-order valence-electron chi connectivity index (χ3n) is 4.49. The summed E-state index contributed by atoms with van der Waals surface area (Å²) in [5, 5.41) is 7.15. The molecule has 1 aromatic carbocycles. The summed E-state index contributed by atoms with van der Waals surface area (Å²) in [4.78, 5) is 16.7. The summed E-state index contributed by atoms with van der Waals surface area (Å²) in [7, 11) is 1.62. The molecule has 1 fully saturated rings. The third kappa shape index (κ3) is 3.58. The first kappa shape index (κ1) is 16.5. The Bertz CT molecular complexity index is 709. The largest absolute Gasteiger partial charge is 0.497 e. The van der Waals surface area contributed by atoms with Crippen LogP contribution in [0.4, 0.5) is 0 Å². The zero-order chi connectivity index (χ0) is 17.1. The van der Waals surface area contributed by atoms with Gasteiger partial charge in [-0.1, -0.05) is 37.6 Å². The van der Waals surface area contributed by atoms with Gasteiger partial charge in [0.25, 0.3) is 0 Å². The van der Waals surface area contributed by atoms with E-state index in [0.717, 1.165) is 30.6 Å². The summed E-state index contributed by atoms with van der Waals surface area (Å²) < 4.78 is 10.7. The van der Waals surface area contributed by atoms with E-state index in [1.54, 1.807) is 7.11 Å². The van der Waals surface area contributed by atoms with Crippen LogP contribution in [-0.4, -0.2) is 23.2 Å². The fourth-order valence-corrected chi connectivity index (χ4v) is 2.54. The molecule has 3 rings (SSSR count). The van der Waals surface area contributed by atoms with Gasteiger partial charge in [-0.25, -0.2) is 0 Å². The lowest BCUT2D eigenvalue weighted by Gasteiger charge is -2.20. The number of benzene rings is 1. The van der Waals surface area contributed by atoms with Crippen LogP contribution in [0.5, 0.6) is 5.75 Å². The number of rotatable bonds is 7. The van der Waals surface area contributed by atoms with Crippen molar-refractivity contribution in [2.45, 2.75) is 39.2 Å². The average molecular weight is 329 g/mol. The van der Waals surface area contributed by atoms with Crippen LogP contribution in [0.25, 0.3) is 11.4 Å². The first-order valence-electron chi connectivity index (χ1n) is 8.40. The Balaban J connectivity index is 1.83. The molecular formula is C18H23N3O3. The Kier molecular flexibility index (Phi) is 4.83. The number of ether oxygens (including phenoxy) is 1. The van der Waals surface area contributed by atoms with Gasteiger partial charge in [0.2, 0.25) is 17.6 Å². The second-order valence-corrected chi connectivity index (χ2v) is 6.33. The lowest BCUT2D eigenvalue weighted by molar-refractivity contribution is -0.123. The maximum atomic E-state index is 12.2. The lowest BCUT2D eigenvalue weighted by atomic mass is 9.98. The van der Waals surface area contributed by atoms with Gasteiger partial charge < -0.3 is 14.6 Å². The second-order valence-electron chi connectivity index (χ2n) is 6.33. The number of nitrogens with zero attached hydrogens (tertiary/aromatic N) is 2. The predicted molar refractivity (Wildman–Crippen MR) is 89.3 cm³/mol. The van der Waals surface area contributed by atoms with Crippen molar-refractivity contribution >= 4 is 5.91 Å². The highest BCUT2D eigenvalue weighted by atomic mass is 16.5. The molecule has 1 amide bonds. The summed E-state index contributed by atoms with van der Waals surface area (Å²) in [6.07, 6.45) is 2.85. The van der Waals surface area contributed by atoms with Gasteiger partial charge in [0.15, 0.2) is 0 Å². The molecule has 0 spiro atoms. The maximum Gasteiger partial charge on any atom is 0.249 e. The molecule has 1 aromatic heterocycles. The number of nitrogens with one attached hydrogen (secondary N) is 1. The number of methoxy groups -OCH3 is 1. The molecule has 24 heavy (non-hydrogen) atoms. The smallest absolute Gasteiger partial charge is 0.249 e. The van der Waals surface area contributed by atoms with Crippen LogP contribution in [0.1, 0.15) is 45.0 Å². The molecule has 0 radical (unpaired) electrons. The predicted octanol–water partition coefficient (Wildman–Crippen LogP) is 3.36. The van der Waals surface area contributed by atoms with Crippen LogP contribution < -0.4 is 10.1 Å². The minimum absolute atomic E-state index is 0.0847. The van der Waals surface area contributed by atoms with Crippen molar-refractivity contribution in [3.05, 3.63) is 30.2 Å². The minimum Gasteiger partial charge on any atom is -0.497 e. The normalized spacial score (nSPS) is 16.5. The first-order chi connectivity index (χ1) is 11.6. The van der Waals surface area contributed by atoms with E-state index in [1.165, 1.54) is 0 Å². The van der Waals surface area contributed by atoms with E-state index in [4.69, 9.17) is 9.26 Å².